The summed E-state index contributed by atoms with van der Waals surface area (Å²) in [5.74, 6) is -0.336. The molecule has 0 saturated carbocycles. The van der Waals surface area contributed by atoms with Crippen LogP contribution in [0.2, 0.25) is 5.02 Å². The van der Waals surface area contributed by atoms with Crippen molar-refractivity contribution in [1.82, 2.24) is 9.78 Å². The highest BCUT2D eigenvalue weighted by atomic mass is 35.5. The summed E-state index contributed by atoms with van der Waals surface area (Å²) in [4.78, 5) is 0. The highest BCUT2D eigenvalue weighted by molar-refractivity contribution is 6.30. The Morgan fingerprint density at radius 1 is 1.53 bits per heavy atom. The van der Waals surface area contributed by atoms with Gasteiger partial charge in [0.25, 0.3) is 0 Å². The summed E-state index contributed by atoms with van der Waals surface area (Å²) in [5.41, 5.74) is 7.30. The molecule has 0 aliphatic rings. The Morgan fingerprint density at radius 3 is 2.84 bits per heavy atom. The molecule has 2 N–H and O–H groups in total. The van der Waals surface area contributed by atoms with E-state index >= 15 is 0 Å². The van der Waals surface area contributed by atoms with E-state index in [0.29, 0.717) is 23.4 Å². The van der Waals surface area contributed by atoms with Crippen LogP contribution in [0.1, 0.15) is 24.6 Å². The molecule has 0 saturated heterocycles. The molecule has 6 heteroatoms. The van der Waals surface area contributed by atoms with Gasteiger partial charge in [-0.1, -0.05) is 24.9 Å². The second-order valence-electron chi connectivity index (χ2n) is 4.08. The number of aromatic nitrogens is 2. The third-order valence-corrected chi connectivity index (χ3v) is 3.05. The maximum atomic E-state index is 13.5. The summed E-state index contributed by atoms with van der Waals surface area (Å²) in [7, 11) is 0. The number of anilines is 1. The van der Waals surface area contributed by atoms with Crippen molar-refractivity contribution in [1.29, 1.82) is 5.26 Å². The number of nitrogen functional groups attached to an aromatic ring is 1. The molecule has 4 nitrogen and oxygen atoms in total. The van der Waals surface area contributed by atoms with E-state index in [4.69, 9.17) is 22.6 Å². The molecule has 98 valence electrons. The zero-order valence-corrected chi connectivity index (χ0v) is 11.1. The fourth-order valence-corrected chi connectivity index (χ4v) is 1.94. The van der Waals surface area contributed by atoms with Crippen LogP contribution in [0.3, 0.4) is 0 Å². The lowest BCUT2D eigenvalue weighted by Gasteiger charge is -2.04. The van der Waals surface area contributed by atoms with Crippen molar-refractivity contribution in [2.45, 2.75) is 19.8 Å². The fraction of sp³-hybridized carbons (Fsp3) is 0.231. The number of aryl methyl sites for hydroxylation is 1. The largest absolute Gasteiger partial charge is 0.382 e. The van der Waals surface area contributed by atoms with Crippen LogP contribution < -0.4 is 5.73 Å². The maximum Gasteiger partial charge on any atom is 0.145 e. The molecule has 0 fully saturated rings. The Bertz CT molecular complexity index is 657. The number of halogens is 2. The third kappa shape index (κ3) is 2.40. The van der Waals surface area contributed by atoms with Crippen molar-refractivity contribution in [2.24, 2.45) is 0 Å². The van der Waals surface area contributed by atoms with Crippen molar-refractivity contribution in [3.8, 4) is 11.8 Å². The number of hydrogen-bond donors (Lipinski definition) is 1. The van der Waals surface area contributed by atoms with Gasteiger partial charge in [0.15, 0.2) is 0 Å². The highest BCUT2D eigenvalue weighted by Gasteiger charge is 2.16. The molecule has 1 aromatic carbocycles. The van der Waals surface area contributed by atoms with Gasteiger partial charge in [-0.05, 0) is 18.6 Å². The predicted molar refractivity (Wildman–Crippen MR) is 71.7 cm³/mol. The normalized spacial score (nSPS) is 10.4. The molecule has 0 aliphatic heterocycles. The van der Waals surface area contributed by atoms with Crippen LogP contribution in [0, 0.1) is 17.1 Å². The lowest BCUT2D eigenvalue weighted by Crippen LogP contribution is -2.03. The predicted octanol–water partition coefficient (Wildman–Crippen LogP) is 3.07. The van der Waals surface area contributed by atoms with E-state index in [1.54, 1.807) is 6.07 Å². The van der Waals surface area contributed by atoms with E-state index in [2.05, 4.69) is 5.10 Å². The summed E-state index contributed by atoms with van der Waals surface area (Å²) in [6.07, 6.45) is 1.50. The van der Waals surface area contributed by atoms with E-state index in [9.17, 15) is 4.39 Å². The van der Waals surface area contributed by atoms with Gasteiger partial charge in [-0.25, -0.2) is 9.07 Å². The second-order valence-corrected chi connectivity index (χ2v) is 4.49. The Morgan fingerprint density at radius 2 is 2.26 bits per heavy atom. The molecule has 0 atom stereocenters. The Hall–Kier alpha value is -2.06. The number of rotatable bonds is 3. The minimum Gasteiger partial charge on any atom is -0.382 e. The smallest absolute Gasteiger partial charge is 0.145 e. The zero-order chi connectivity index (χ0) is 14.0. The van der Waals surface area contributed by atoms with E-state index in [-0.39, 0.29) is 10.8 Å². The van der Waals surface area contributed by atoms with Gasteiger partial charge in [0.2, 0.25) is 0 Å². The van der Waals surface area contributed by atoms with Gasteiger partial charge in [0.1, 0.15) is 23.3 Å². The van der Waals surface area contributed by atoms with E-state index in [1.165, 1.54) is 16.8 Å². The van der Waals surface area contributed by atoms with Gasteiger partial charge >= 0.3 is 0 Å². The molecular weight excluding hydrogens is 267 g/mol. The van der Waals surface area contributed by atoms with Gasteiger partial charge in [-0.3, -0.25) is 0 Å². The van der Waals surface area contributed by atoms with Crippen molar-refractivity contribution < 1.29 is 4.39 Å². The highest BCUT2D eigenvalue weighted by Crippen LogP contribution is 2.24. The minimum absolute atomic E-state index is 0.0313. The van der Waals surface area contributed by atoms with Crippen molar-refractivity contribution in [3.63, 3.8) is 0 Å². The molecule has 0 spiro atoms. The lowest BCUT2D eigenvalue weighted by atomic mass is 10.2. The fourth-order valence-electron chi connectivity index (χ4n) is 1.83. The van der Waals surface area contributed by atoms with E-state index in [0.717, 1.165) is 6.42 Å². The molecule has 19 heavy (non-hydrogen) atoms. The maximum absolute atomic E-state index is 13.5. The van der Waals surface area contributed by atoms with Gasteiger partial charge < -0.3 is 5.73 Å². The average molecular weight is 279 g/mol. The molecule has 1 aromatic heterocycles. The van der Waals surface area contributed by atoms with Crippen LogP contribution in [0.4, 0.5) is 10.2 Å². The summed E-state index contributed by atoms with van der Waals surface area (Å²) >= 11 is 5.63. The van der Waals surface area contributed by atoms with Crippen LogP contribution in [0.25, 0.3) is 5.69 Å². The Balaban J connectivity index is 2.56. The van der Waals surface area contributed by atoms with Crippen molar-refractivity contribution in [3.05, 3.63) is 40.3 Å². The number of hydrogen-bond acceptors (Lipinski definition) is 3. The molecule has 1 heterocycles. The summed E-state index contributed by atoms with van der Waals surface area (Å²) in [6, 6.07) is 6.31. The van der Waals surface area contributed by atoms with Crippen LogP contribution in [0.5, 0.6) is 0 Å². The Labute approximate surface area is 115 Å². The van der Waals surface area contributed by atoms with E-state index in [1.807, 2.05) is 13.0 Å². The number of nitriles is 1. The first-order chi connectivity index (χ1) is 9.08. The zero-order valence-electron chi connectivity index (χ0n) is 10.3. The average Bonchev–Trinajstić information content (AvgIpc) is 2.70. The van der Waals surface area contributed by atoms with Gasteiger partial charge in [-0.15, -0.1) is 0 Å². The van der Waals surface area contributed by atoms with Gasteiger partial charge in [0.05, 0.1) is 16.4 Å². The molecule has 0 bridgehead atoms. The SMILES string of the molecule is CCCc1nn(-c2ccc(Cl)c(F)c2)c(N)c1C#N. The summed E-state index contributed by atoms with van der Waals surface area (Å²) < 4.78 is 14.8. The lowest BCUT2D eigenvalue weighted by molar-refractivity contribution is 0.626. The first-order valence-electron chi connectivity index (χ1n) is 5.81. The minimum atomic E-state index is -0.551. The monoisotopic (exact) mass is 278 g/mol. The summed E-state index contributed by atoms with van der Waals surface area (Å²) in [5, 5.41) is 13.4. The third-order valence-electron chi connectivity index (χ3n) is 2.74. The first-order valence-corrected chi connectivity index (χ1v) is 6.19. The molecule has 0 radical (unpaired) electrons. The van der Waals surface area contributed by atoms with Gasteiger partial charge in [0, 0.05) is 6.07 Å². The molecule has 0 aliphatic carbocycles. The van der Waals surface area contributed by atoms with Crippen LogP contribution in [-0.2, 0) is 6.42 Å². The second kappa shape index (κ2) is 5.29. The van der Waals surface area contributed by atoms with Gasteiger partial charge in [-0.2, -0.15) is 10.4 Å². The van der Waals surface area contributed by atoms with Crippen molar-refractivity contribution >= 4 is 17.4 Å². The topological polar surface area (TPSA) is 67.6 Å². The van der Waals surface area contributed by atoms with Crippen LogP contribution in [0.15, 0.2) is 18.2 Å². The molecule has 0 unspecified atom stereocenters. The molecule has 2 rings (SSSR count). The molecular formula is C13H12ClFN4. The summed E-state index contributed by atoms with van der Waals surface area (Å²) in [6.45, 7) is 1.98. The number of benzene rings is 1. The standard InChI is InChI=1S/C13H12ClFN4/c1-2-3-12-9(7-16)13(17)19(18-12)8-4-5-10(14)11(15)6-8/h4-6H,2-3,17H2,1H3. The quantitative estimate of drug-likeness (QED) is 0.938. The number of nitrogens with zero attached hydrogens (tertiary/aromatic N) is 3. The van der Waals surface area contributed by atoms with Crippen LogP contribution in [-0.4, -0.2) is 9.78 Å². The Kier molecular flexibility index (Phi) is 3.72. The van der Waals surface area contributed by atoms with Crippen molar-refractivity contribution in [2.75, 3.05) is 5.73 Å². The molecule has 0 amide bonds. The first kappa shape index (κ1) is 13.4. The molecule has 2 aromatic rings. The van der Waals surface area contributed by atoms with E-state index < -0.39 is 5.82 Å². The van der Waals surface area contributed by atoms with Crippen LogP contribution >= 0.6 is 11.6 Å². The number of nitrogens with two attached hydrogens (primary N) is 1.